The third-order valence-corrected chi connectivity index (χ3v) is 4.72. The second kappa shape index (κ2) is 6.81. The number of halogens is 2. The normalized spacial score (nSPS) is 10.8. The van der Waals surface area contributed by atoms with E-state index in [0.717, 1.165) is 11.3 Å². The van der Waals surface area contributed by atoms with E-state index in [9.17, 15) is 0 Å². The summed E-state index contributed by atoms with van der Waals surface area (Å²) in [4.78, 5) is 0. The van der Waals surface area contributed by atoms with Crippen LogP contribution in [0.3, 0.4) is 0 Å². The lowest BCUT2D eigenvalue weighted by molar-refractivity contribution is 0.466. The van der Waals surface area contributed by atoms with Crippen LogP contribution in [-0.2, 0) is 5.75 Å². The van der Waals surface area contributed by atoms with Crippen LogP contribution >= 0.6 is 46.0 Å². The zero-order chi connectivity index (χ0) is 14.7. The molecule has 0 amide bonds. The number of aromatic nitrogens is 2. The predicted octanol–water partition coefficient (Wildman–Crippen LogP) is 5.29. The number of nitrogens with zero attached hydrogens (tertiary/aromatic N) is 2. The van der Waals surface area contributed by atoms with Gasteiger partial charge in [-0.1, -0.05) is 47.6 Å². The molecule has 0 atom stereocenters. The lowest BCUT2D eigenvalue weighted by Gasteiger charge is -1.99. The Kier molecular flexibility index (Phi) is 4.82. The van der Waals surface area contributed by atoms with E-state index < -0.39 is 0 Å². The van der Waals surface area contributed by atoms with Gasteiger partial charge in [0.2, 0.25) is 5.89 Å². The summed E-state index contributed by atoms with van der Waals surface area (Å²) in [6, 6.07) is 15.8. The first-order valence-electron chi connectivity index (χ1n) is 6.18. The summed E-state index contributed by atoms with van der Waals surface area (Å²) in [5, 5.41) is 9.25. The van der Waals surface area contributed by atoms with Crippen molar-refractivity contribution in [3.63, 3.8) is 0 Å². The van der Waals surface area contributed by atoms with Crippen molar-refractivity contribution < 1.29 is 4.42 Å². The summed E-state index contributed by atoms with van der Waals surface area (Å²) < 4.78 is 6.87. The number of hydrogen-bond donors (Lipinski definition) is 0. The van der Waals surface area contributed by atoms with Gasteiger partial charge >= 0.3 is 0 Å². The van der Waals surface area contributed by atoms with Crippen molar-refractivity contribution in [1.82, 2.24) is 10.2 Å². The van der Waals surface area contributed by atoms with Crippen molar-refractivity contribution in [2.75, 3.05) is 0 Å². The van der Waals surface area contributed by atoms with Crippen molar-refractivity contribution in [3.05, 3.63) is 62.7 Å². The quantitative estimate of drug-likeness (QED) is 0.418. The third kappa shape index (κ3) is 3.78. The van der Waals surface area contributed by atoms with E-state index in [1.807, 2.05) is 18.2 Å². The van der Waals surface area contributed by atoms with E-state index in [-0.39, 0.29) is 0 Å². The predicted molar refractivity (Wildman–Crippen MR) is 93.5 cm³/mol. The number of benzene rings is 2. The summed E-state index contributed by atoms with van der Waals surface area (Å²) in [5.41, 5.74) is 1.98. The maximum absolute atomic E-state index is 6.12. The molecule has 3 aromatic rings. The SMILES string of the molecule is Clc1ccccc1-c1nnc(SCc2ccc(I)cc2)o1. The zero-order valence-corrected chi connectivity index (χ0v) is 14.5. The molecule has 2 aromatic carbocycles. The average Bonchev–Trinajstić information content (AvgIpc) is 2.96. The van der Waals surface area contributed by atoms with Gasteiger partial charge < -0.3 is 4.42 Å². The molecule has 0 fully saturated rings. The lowest BCUT2D eigenvalue weighted by Crippen LogP contribution is -1.81. The molecule has 0 aliphatic carbocycles. The Morgan fingerprint density at radius 3 is 2.57 bits per heavy atom. The molecule has 0 bridgehead atoms. The Balaban J connectivity index is 1.71. The molecular weight excluding hydrogens is 419 g/mol. The van der Waals surface area contributed by atoms with Gasteiger partial charge in [0.15, 0.2) is 0 Å². The van der Waals surface area contributed by atoms with E-state index in [2.05, 4.69) is 57.1 Å². The highest BCUT2D eigenvalue weighted by Crippen LogP contribution is 2.29. The fraction of sp³-hybridized carbons (Fsp3) is 0.0667. The Labute approximate surface area is 145 Å². The van der Waals surface area contributed by atoms with Crippen molar-refractivity contribution in [3.8, 4) is 11.5 Å². The largest absolute Gasteiger partial charge is 0.411 e. The first-order valence-corrected chi connectivity index (χ1v) is 8.62. The van der Waals surface area contributed by atoms with Gasteiger partial charge in [0.1, 0.15) is 0 Å². The maximum Gasteiger partial charge on any atom is 0.277 e. The molecule has 1 heterocycles. The molecule has 21 heavy (non-hydrogen) atoms. The lowest BCUT2D eigenvalue weighted by atomic mass is 10.2. The van der Waals surface area contributed by atoms with E-state index >= 15 is 0 Å². The van der Waals surface area contributed by atoms with Gasteiger partial charge in [-0.25, -0.2) is 0 Å². The Morgan fingerprint density at radius 2 is 1.81 bits per heavy atom. The Morgan fingerprint density at radius 1 is 1.05 bits per heavy atom. The number of rotatable bonds is 4. The second-order valence-corrected chi connectivity index (χ2v) is 6.85. The van der Waals surface area contributed by atoms with Gasteiger partial charge in [-0.15, -0.1) is 10.2 Å². The van der Waals surface area contributed by atoms with E-state index in [1.165, 1.54) is 20.9 Å². The van der Waals surface area contributed by atoms with Crippen LogP contribution in [0.1, 0.15) is 5.56 Å². The highest BCUT2D eigenvalue weighted by atomic mass is 127. The molecule has 0 saturated carbocycles. The van der Waals surface area contributed by atoms with Crippen LogP contribution in [0.5, 0.6) is 0 Å². The number of thioether (sulfide) groups is 1. The minimum Gasteiger partial charge on any atom is -0.411 e. The van der Waals surface area contributed by atoms with Crippen molar-refractivity contribution in [1.29, 1.82) is 0 Å². The molecule has 0 N–H and O–H groups in total. The highest BCUT2D eigenvalue weighted by molar-refractivity contribution is 14.1. The van der Waals surface area contributed by atoms with Crippen molar-refractivity contribution in [2.45, 2.75) is 11.0 Å². The molecule has 1 aromatic heterocycles. The van der Waals surface area contributed by atoms with Gasteiger partial charge in [-0.2, -0.15) is 0 Å². The van der Waals surface area contributed by atoms with Crippen LogP contribution in [0, 0.1) is 3.57 Å². The summed E-state index contributed by atoms with van der Waals surface area (Å²) in [6.07, 6.45) is 0. The van der Waals surface area contributed by atoms with Crippen LogP contribution in [-0.4, -0.2) is 10.2 Å². The van der Waals surface area contributed by atoms with Crippen LogP contribution in [0.25, 0.3) is 11.5 Å². The Bertz CT molecular complexity index is 745. The molecule has 0 radical (unpaired) electrons. The topological polar surface area (TPSA) is 38.9 Å². The summed E-state index contributed by atoms with van der Waals surface area (Å²) in [7, 11) is 0. The van der Waals surface area contributed by atoms with E-state index in [4.69, 9.17) is 16.0 Å². The smallest absolute Gasteiger partial charge is 0.277 e. The highest BCUT2D eigenvalue weighted by Gasteiger charge is 2.11. The molecule has 0 saturated heterocycles. The fourth-order valence-corrected chi connectivity index (χ4v) is 3.03. The molecule has 106 valence electrons. The summed E-state index contributed by atoms with van der Waals surface area (Å²) in [5.74, 6) is 1.24. The van der Waals surface area contributed by atoms with Gasteiger partial charge in [0.05, 0.1) is 10.6 Å². The van der Waals surface area contributed by atoms with Crippen LogP contribution in [0.4, 0.5) is 0 Å². The van der Waals surface area contributed by atoms with Gasteiger partial charge in [0.25, 0.3) is 5.22 Å². The standard InChI is InChI=1S/C15H10ClIN2OS/c16-13-4-2-1-3-12(13)14-18-19-15(20-14)21-9-10-5-7-11(17)8-6-10/h1-8H,9H2. The fourth-order valence-electron chi connectivity index (χ4n) is 1.74. The molecule has 0 aliphatic heterocycles. The van der Waals surface area contributed by atoms with E-state index in [1.54, 1.807) is 6.07 Å². The Hall–Kier alpha value is -1.05. The minimum atomic E-state index is 0.450. The van der Waals surface area contributed by atoms with Crippen LogP contribution < -0.4 is 0 Å². The first kappa shape index (κ1) is 14.9. The van der Waals surface area contributed by atoms with Gasteiger partial charge in [-0.05, 0) is 52.4 Å². The van der Waals surface area contributed by atoms with E-state index in [0.29, 0.717) is 16.1 Å². The van der Waals surface area contributed by atoms with Crippen molar-refractivity contribution >= 4 is 46.0 Å². The van der Waals surface area contributed by atoms with Crippen LogP contribution in [0.2, 0.25) is 5.02 Å². The second-order valence-electron chi connectivity index (χ2n) is 4.27. The zero-order valence-electron chi connectivity index (χ0n) is 10.8. The molecule has 3 rings (SSSR count). The monoisotopic (exact) mass is 428 g/mol. The third-order valence-electron chi connectivity index (χ3n) is 2.79. The first-order chi connectivity index (χ1) is 10.2. The molecule has 6 heteroatoms. The molecule has 0 spiro atoms. The summed E-state index contributed by atoms with van der Waals surface area (Å²) >= 11 is 9.92. The molecule has 0 unspecified atom stereocenters. The molecule has 0 aliphatic rings. The average molecular weight is 429 g/mol. The minimum absolute atomic E-state index is 0.450. The van der Waals surface area contributed by atoms with Crippen molar-refractivity contribution in [2.24, 2.45) is 0 Å². The van der Waals surface area contributed by atoms with Gasteiger partial charge in [-0.3, -0.25) is 0 Å². The maximum atomic E-state index is 6.12. The molecular formula is C15H10ClIN2OS. The molecule has 3 nitrogen and oxygen atoms in total. The van der Waals surface area contributed by atoms with Gasteiger partial charge in [0, 0.05) is 9.32 Å². The van der Waals surface area contributed by atoms with Crippen LogP contribution in [0.15, 0.2) is 58.2 Å². The number of hydrogen-bond acceptors (Lipinski definition) is 4. The summed E-state index contributed by atoms with van der Waals surface area (Å²) in [6.45, 7) is 0.